The summed E-state index contributed by atoms with van der Waals surface area (Å²) in [5.41, 5.74) is 1.15. The Kier molecular flexibility index (Phi) is 6.76. The van der Waals surface area contributed by atoms with Crippen LogP contribution in [-0.2, 0) is 6.54 Å². The highest BCUT2D eigenvalue weighted by molar-refractivity contribution is 5.80. The summed E-state index contributed by atoms with van der Waals surface area (Å²) in [6, 6.07) is 5.99. The predicted octanol–water partition coefficient (Wildman–Crippen LogP) is 3.15. The van der Waals surface area contributed by atoms with Crippen molar-refractivity contribution >= 4 is 5.96 Å². The minimum absolute atomic E-state index is 0.721. The van der Waals surface area contributed by atoms with Gasteiger partial charge in [-0.2, -0.15) is 0 Å². The Morgan fingerprint density at radius 1 is 1.29 bits per heavy atom. The van der Waals surface area contributed by atoms with Crippen LogP contribution in [0.5, 0.6) is 11.5 Å². The molecule has 5 nitrogen and oxygen atoms in total. The van der Waals surface area contributed by atoms with Gasteiger partial charge < -0.3 is 19.7 Å². The van der Waals surface area contributed by atoms with Crippen molar-refractivity contribution in [2.75, 3.05) is 34.4 Å². The van der Waals surface area contributed by atoms with E-state index in [1.807, 2.05) is 25.2 Å². The van der Waals surface area contributed by atoms with Crippen molar-refractivity contribution in [3.05, 3.63) is 23.8 Å². The van der Waals surface area contributed by atoms with E-state index in [0.717, 1.165) is 54.5 Å². The van der Waals surface area contributed by atoms with Crippen LogP contribution in [0.15, 0.2) is 23.2 Å². The third-order valence-corrected chi connectivity index (χ3v) is 4.50. The first-order valence-corrected chi connectivity index (χ1v) is 8.73. The predicted molar refractivity (Wildman–Crippen MR) is 98.9 cm³/mol. The van der Waals surface area contributed by atoms with Crippen LogP contribution in [0.1, 0.15) is 32.3 Å². The van der Waals surface area contributed by atoms with E-state index in [2.05, 4.69) is 29.1 Å². The van der Waals surface area contributed by atoms with Crippen LogP contribution in [0.3, 0.4) is 0 Å². The van der Waals surface area contributed by atoms with E-state index in [9.17, 15) is 0 Å². The number of nitrogens with zero attached hydrogens (tertiary/aromatic N) is 2. The zero-order valence-corrected chi connectivity index (χ0v) is 15.6. The van der Waals surface area contributed by atoms with E-state index >= 15 is 0 Å². The number of benzene rings is 1. The van der Waals surface area contributed by atoms with Gasteiger partial charge in [0.15, 0.2) is 17.5 Å². The molecule has 0 aromatic heterocycles. The van der Waals surface area contributed by atoms with Gasteiger partial charge in [0.25, 0.3) is 0 Å². The molecule has 0 amide bonds. The number of methoxy groups -OCH3 is 2. The fourth-order valence-electron chi connectivity index (χ4n) is 3.39. The minimum Gasteiger partial charge on any atom is -0.493 e. The molecule has 24 heavy (non-hydrogen) atoms. The van der Waals surface area contributed by atoms with Gasteiger partial charge in [-0.05, 0) is 42.4 Å². The molecule has 1 heterocycles. The Morgan fingerprint density at radius 2 is 2.04 bits per heavy atom. The molecule has 1 fully saturated rings. The summed E-state index contributed by atoms with van der Waals surface area (Å²) in [5.74, 6) is 4.03. The quantitative estimate of drug-likeness (QED) is 0.642. The molecule has 1 saturated heterocycles. The third kappa shape index (κ3) is 4.79. The average molecular weight is 333 g/mol. The summed E-state index contributed by atoms with van der Waals surface area (Å²) >= 11 is 0. The second-order valence-electron chi connectivity index (χ2n) is 6.82. The van der Waals surface area contributed by atoms with E-state index in [1.54, 1.807) is 14.2 Å². The standard InChI is InChI=1S/C19H31N3O2/c1-14(2)10-16-8-9-22(13-16)19(20-3)21-12-15-6-7-17(23-4)18(11-15)24-5/h6-7,11,14,16H,8-10,12-13H2,1-5H3,(H,20,21). The summed E-state index contributed by atoms with van der Waals surface area (Å²) < 4.78 is 10.7. The van der Waals surface area contributed by atoms with Crippen LogP contribution in [0.4, 0.5) is 0 Å². The molecule has 1 aliphatic heterocycles. The number of hydrogen-bond donors (Lipinski definition) is 1. The molecule has 1 N–H and O–H groups in total. The lowest BCUT2D eigenvalue weighted by molar-refractivity contribution is 0.354. The maximum Gasteiger partial charge on any atom is 0.193 e. The van der Waals surface area contributed by atoms with Gasteiger partial charge >= 0.3 is 0 Å². The van der Waals surface area contributed by atoms with Crippen LogP contribution in [-0.4, -0.2) is 45.2 Å². The molecule has 2 rings (SSSR count). The summed E-state index contributed by atoms with van der Waals surface area (Å²) in [5, 5.41) is 3.47. The highest BCUT2D eigenvalue weighted by atomic mass is 16.5. The molecule has 5 heteroatoms. The van der Waals surface area contributed by atoms with Gasteiger partial charge in [-0.1, -0.05) is 19.9 Å². The zero-order chi connectivity index (χ0) is 17.5. The Balaban J connectivity index is 1.93. The highest BCUT2D eigenvalue weighted by Crippen LogP contribution is 2.27. The van der Waals surface area contributed by atoms with Crippen molar-refractivity contribution in [3.63, 3.8) is 0 Å². The smallest absolute Gasteiger partial charge is 0.193 e. The molecule has 1 unspecified atom stereocenters. The van der Waals surface area contributed by atoms with Gasteiger partial charge in [0.2, 0.25) is 0 Å². The molecule has 1 atom stereocenters. The van der Waals surface area contributed by atoms with Gasteiger partial charge in [-0.25, -0.2) is 0 Å². The molecule has 0 spiro atoms. The van der Waals surface area contributed by atoms with E-state index in [-0.39, 0.29) is 0 Å². The van der Waals surface area contributed by atoms with Crippen LogP contribution in [0.25, 0.3) is 0 Å². The number of ether oxygens (including phenoxy) is 2. The van der Waals surface area contributed by atoms with Gasteiger partial charge in [0.05, 0.1) is 14.2 Å². The van der Waals surface area contributed by atoms with E-state index in [0.29, 0.717) is 0 Å². The number of aliphatic imine (C=N–C) groups is 1. The largest absolute Gasteiger partial charge is 0.493 e. The Morgan fingerprint density at radius 3 is 2.67 bits per heavy atom. The summed E-state index contributed by atoms with van der Waals surface area (Å²) in [4.78, 5) is 6.82. The fourth-order valence-corrected chi connectivity index (χ4v) is 3.39. The molecule has 0 radical (unpaired) electrons. The van der Waals surface area contributed by atoms with Crippen molar-refractivity contribution in [1.29, 1.82) is 0 Å². The van der Waals surface area contributed by atoms with Gasteiger partial charge in [-0.3, -0.25) is 4.99 Å². The van der Waals surface area contributed by atoms with Crippen molar-refractivity contribution in [3.8, 4) is 11.5 Å². The first-order chi connectivity index (χ1) is 11.6. The number of rotatable bonds is 6. The molecule has 1 aromatic carbocycles. The lowest BCUT2D eigenvalue weighted by Gasteiger charge is -2.22. The lowest BCUT2D eigenvalue weighted by Crippen LogP contribution is -2.39. The molecule has 0 saturated carbocycles. The summed E-state index contributed by atoms with van der Waals surface area (Å²) in [7, 11) is 5.17. The van der Waals surface area contributed by atoms with Crippen molar-refractivity contribution in [2.24, 2.45) is 16.8 Å². The lowest BCUT2D eigenvalue weighted by atomic mass is 9.97. The van der Waals surface area contributed by atoms with E-state index < -0.39 is 0 Å². The van der Waals surface area contributed by atoms with Crippen LogP contribution < -0.4 is 14.8 Å². The number of hydrogen-bond acceptors (Lipinski definition) is 3. The molecular formula is C19H31N3O2. The highest BCUT2D eigenvalue weighted by Gasteiger charge is 2.25. The average Bonchev–Trinajstić information content (AvgIpc) is 3.02. The summed E-state index contributed by atoms with van der Waals surface area (Å²) in [6.45, 7) is 7.50. The molecule has 0 aliphatic carbocycles. The molecule has 1 aliphatic rings. The van der Waals surface area contributed by atoms with Gasteiger partial charge in [0.1, 0.15) is 0 Å². The third-order valence-electron chi connectivity index (χ3n) is 4.50. The van der Waals surface area contributed by atoms with Crippen molar-refractivity contribution in [1.82, 2.24) is 10.2 Å². The van der Waals surface area contributed by atoms with Crippen molar-refractivity contribution in [2.45, 2.75) is 33.2 Å². The molecule has 1 aromatic rings. The minimum atomic E-state index is 0.721. The maximum atomic E-state index is 5.37. The number of likely N-dealkylation sites (tertiary alicyclic amines) is 1. The van der Waals surface area contributed by atoms with Crippen LogP contribution >= 0.6 is 0 Å². The van der Waals surface area contributed by atoms with Crippen LogP contribution in [0.2, 0.25) is 0 Å². The second kappa shape index (κ2) is 8.81. The topological polar surface area (TPSA) is 46.1 Å². The van der Waals surface area contributed by atoms with Crippen molar-refractivity contribution < 1.29 is 9.47 Å². The first-order valence-electron chi connectivity index (χ1n) is 8.73. The monoisotopic (exact) mass is 333 g/mol. The summed E-state index contributed by atoms with van der Waals surface area (Å²) in [6.07, 6.45) is 2.55. The maximum absolute atomic E-state index is 5.37. The first kappa shape index (κ1) is 18.4. The van der Waals surface area contributed by atoms with Gasteiger partial charge in [-0.15, -0.1) is 0 Å². The molecular weight excluding hydrogens is 302 g/mol. The molecule has 134 valence electrons. The van der Waals surface area contributed by atoms with E-state index in [4.69, 9.17) is 9.47 Å². The van der Waals surface area contributed by atoms with Crippen LogP contribution in [0, 0.1) is 11.8 Å². The second-order valence-corrected chi connectivity index (χ2v) is 6.82. The fraction of sp³-hybridized carbons (Fsp3) is 0.632. The number of nitrogens with one attached hydrogen (secondary N) is 1. The Labute approximate surface area is 146 Å². The SMILES string of the molecule is CN=C(NCc1ccc(OC)c(OC)c1)N1CCC(CC(C)C)C1. The Bertz CT molecular complexity index is 558. The molecule has 0 bridgehead atoms. The number of guanidine groups is 1. The van der Waals surface area contributed by atoms with E-state index in [1.165, 1.54) is 12.8 Å². The Hall–Kier alpha value is -1.91. The van der Waals surface area contributed by atoms with Gasteiger partial charge in [0, 0.05) is 26.7 Å². The zero-order valence-electron chi connectivity index (χ0n) is 15.6. The normalized spacial score (nSPS) is 18.2.